The summed E-state index contributed by atoms with van der Waals surface area (Å²) < 4.78 is 0. The Morgan fingerprint density at radius 3 is 0.636 bits per heavy atom. The second kappa shape index (κ2) is 13.9. The van der Waals surface area contributed by atoms with Crippen LogP contribution in [0.3, 0.4) is 0 Å². The van der Waals surface area contributed by atoms with Crippen LogP contribution < -0.4 is 15.9 Å². The fraction of sp³-hybridized carbons (Fsp3) is 0. The largest absolute Gasteiger partial charge is 0.147 e. The molecule has 0 aliphatic rings. The molecule has 0 heterocycles. The Balaban J connectivity index is 0.000000294. The van der Waals surface area contributed by atoms with Crippen molar-refractivity contribution in [2.75, 3.05) is 0 Å². The van der Waals surface area contributed by atoms with Gasteiger partial charge in [0.2, 0.25) is 0 Å². The first-order chi connectivity index (χ1) is 10.2. The van der Waals surface area contributed by atoms with E-state index in [4.69, 9.17) is 0 Å². The molecule has 0 fully saturated rings. The Morgan fingerprint density at radius 2 is 0.545 bits per heavy atom. The van der Waals surface area contributed by atoms with Crippen molar-refractivity contribution < 1.29 is 0 Å². The lowest BCUT2D eigenvalue weighted by Gasteiger charge is -1.82. The van der Waals surface area contributed by atoms with Crippen molar-refractivity contribution >= 4 is 56.0 Å². The van der Waals surface area contributed by atoms with Crippen LogP contribution >= 0.6 is 40.1 Å². The first-order valence-corrected chi connectivity index (χ1v) is 8.33. The molecule has 0 bridgehead atoms. The van der Waals surface area contributed by atoms with Gasteiger partial charge in [0.15, 0.2) is 0 Å². The lowest BCUT2D eigenvalue weighted by Crippen LogP contribution is -1.82. The van der Waals surface area contributed by atoms with Crippen LogP contribution in [0.2, 0.25) is 0 Å². The van der Waals surface area contributed by atoms with Gasteiger partial charge in [-0.1, -0.05) is 91.0 Å². The average molecular weight is 367 g/mol. The number of hydrogen-bond acceptors (Lipinski definition) is 0. The molecule has 116 valence electrons. The normalized spacial score (nSPS) is 8.32. The third-order valence-corrected chi connectivity index (χ3v) is 3.55. The van der Waals surface area contributed by atoms with E-state index in [1.165, 1.54) is 15.9 Å². The average Bonchev–Trinajstić information content (AvgIpc) is 2.51. The molecular weight excluding hydrogens is 345 g/mol. The van der Waals surface area contributed by atoms with Gasteiger partial charge in [0.05, 0.1) is 0 Å². The minimum Gasteiger partial charge on any atom is -0.147 e. The van der Waals surface area contributed by atoms with Gasteiger partial charge in [-0.3, -0.25) is 0 Å². The summed E-state index contributed by atoms with van der Waals surface area (Å²) >= 11 is 0. The lowest BCUT2D eigenvalue weighted by atomic mass is 10.4. The number of rotatable bonds is 0. The summed E-state index contributed by atoms with van der Waals surface area (Å²) in [6.07, 6.45) is 0. The van der Waals surface area contributed by atoms with Crippen LogP contribution in [0.15, 0.2) is 91.0 Å². The Bertz CT molecular complexity index is 497. The molecule has 0 N–H and O–H groups in total. The maximum absolute atomic E-state index is 2.63. The SMILES string of the molecule is Cl.Pc1ccccc1.Pc1ccccc1.Pc1ccccc1. The maximum Gasteiger partial charge on any atom is -0.0303 e. The molecule has 0 aliphatic carbocycles. The zero-order valence-corrected chi connectivity index (χ0v) is 16.6. The van der Waals surface area contributed by atoms with E-state index >= 15 is 0 Å². The molecule has 3 aromatic carbocycles. The fourth-order valence-electron chi connectivity index (χ4n) is 1.36. The van der Waals surface area contributed by atoms with Crippen molar-refractivity contribution in [2.45, 2.75) is 0 Å². The van der Waals surface area contributed by atoms with Gasteiger partial charge in [-0.05, 0) is 15.9 Å². The summed E-state index contributed by atoms with van der Waals surface area (Å²) in [5, 5.41) is 3.72. The van der Waals surface area contributed by atoms with Gasteiger partial charge in [-0.2, -0.15) is 0 Å². The van der Waals surface area contributed by atoms with Crippen molar-refractivity contribution in [2.24, 2.45) is 0 Å². The van der Waals surface area contributed by atoms with E-state index in [9.17, 15) is 0 Å². The molecule has 0 nitrogen and oxygen atoms in total. The molecule has 4 heteroatoms. The minimum absolute atomic E-state index is 0. The van der Waals surface area contributed by atoms with Crippen LogP contribution in [-0.4, -0.2) is 0 Å². The van der Waals surface area contributed by atoms with Gasteiger partial charge in [0.25, 0.3) is 0 Å². The molecule has 0 radical (unpaired) electrons. The van der Waals surface area contributed by atoms with Crippen LogP contribution in [0.25, 0.3) is 0 Å². The zero-order chi connectivity index (χ0) is 15.3. The molecule has 3 rings (SSSR count). The summed E-state index contributed by atoms with van der Waals surface area (Å²) in [6.45, 7) is 0. The Morgan fingerprint density at radius 1 is 0.364 bits per heavy atom. The van der Waals surface area contributed by atoms with E-state index in [1.807, 2.05) is 91.0 Å². The molecule has 0 aliphatic heterocycles. The highest BCUT2D eigenvalue weighted by molar-refractivity contribution is 7.27. The smallest absolute Gasteiger partial charge is 0.0303 e. The van der Waals surface area contributed by atoms with E-state index in [-0.39, 0.29) is 12.4 Å². The third-order valence-electron chi connectivity index (χ3n) is 2.40. The highest BCUT2D eigenvalue weighted by Crippen LogP contribution is 1.87. The first kappa shape index (κ1) is 21.2. The predicted octanol–water partition coefficient (Wildman–Crippen LogP) is 3.98. The van der Waals surface area contributed by atoms with E-state index in [1.54, 1.807) is 0 Å². The van der Waals surface area contributed by atoms with Gasteiger partial charge in [-0.15, -0.1) is 40.1 Å². The molecular formula is C18H22ClP3. The second-order valence-corrected chi connectivity index (χ2v) is 6.23. The van der Waals surface area contributed by atoms with Crippen LogP contribution in [-0.2, 0) is 0 Å². The molecule has 0 saturated carbocycles. The van der Waals surface area contributed by atoms with E-state index in [2.05, 4.69) is 27.7 Å². The van der Waals surface area contributed by atoms with E-state index < -0.39 is 0 Å². The minimum atomic E-state index is 0. The summed E-state index contributed by atoms with van der Waals surface area (Å²) in [7, 11) is 7.89. The van der Waals surface area contributed by atoms with Crippen molar-refractivity contribution in [1.82, 2.24) is 0 Å². The first-order valence-electron chi connectivity index (χ1n) is 6.60. The van der Waals surface area contributed by atoms with Crippen molar-refractivity contribution in [3.05, 3.63) is 91.0 Å². The van der Waals surface area contributed by atoms with Gasteiger partial charge in [-0.25, -0.2) is 0 Å². The molecule has 0 amide bonds. The lowest BCUT2D eigenvalue weighted by molar-refractivity contribution is 1.78. The van der Waals surface area contributed by atoms with Crippen molar-refractivity contribution in [3.8, 4) is 0 Å². The molecule has 3 atom stereocenters. The highest BCUT2D eigenvalue weighted by Gasteiger charge is 1.73. The van der Waals surface area contributed by atoms with E-state index in [0.717, 1.165) is 0 Å². The topological polar surface area (TPSA) is 0 Å². The van der Waals surface area contributed by atoms with Gasteiger partial charge < -0.3 is 0 Å². The number of benzene rings is 3. The quantitative estimate of drug-likeness (QED) is 0.528. The molecule has 3 aromatic rings. The van der Waals surface area contributed by atoms with Crippen LogP contribution in [0.4, 0.5) is 0 Å². The molecule has 0 spiro atoms. The molecule has 22 heavy (non-hydrogen) atoms. The van der Waals surface area contributed by atoms with Crippen LogP contribution in [0, 0.1) is 0 Å². The van der Waals surface area contributed by atoms with Crippen LogP contribution in [0.1, 0.15) is 0 Å². The second-order valence-electron chi connectivity index (χ2n) is 4.23. The van der Waals surface area contributed by atoms with Gasteiger partial charge in [0.1, 0.15) is 0 Å². The van der Waals surface area contributed by atoms with Crippen molar-refractivity contribution in [1.29, 1.82) is 0 Å². The zero-order valence-electron chi connectivity index (χ0n) is 12.3. The maximum atomic E-state index is 2.63. The summed E-state index contributed by atoms with van der Waals surface area (Å²) in [4.78, 5) is 0. The Hall–Kier alpha value is -0.760. The standard InChI is InChI=1S/3C6H7P.ClH/c3*7-6-4-2-1-3-5-6;/h3*1-5H,7H2;1H. The van der Waals surface area contributed by atoms with Gasteiger partial charge in [0, 0.05) is 0 Å². The van der Waals surface area contributed by atoms with Gasteiger partial charge >= 0.3 is 0 Å². The van der Waals surface area contributed by atoms with Crippen molar-refractivity contribution in [3.63, 3.8) is 0 Å². The fourth-order valence-corrected chi connectivity index (χ4v) is 2.03. The Labute approximate surface area is 147 Å². The number of hydrogen-bond donors (Lipinski definition) is 0. The highest BCUT2D eigenvalue weighted by atomic mass is 35.5. The molecule has 0 saturated heterocycles. The van der Waals surface area contributed by atoms with Crippen LogP contribution in [0.5, 0.6) is 0 Å². The number of halogens is 1. The monoisotopic (exact) mass is 366 g/mol. The Kier molecular flexibility index (Phi) is 13.4. The molecule has 0 aromatic heterocycles. The summed E-state index contributed by atoms with van der Waals surface area (Å²) in [5.74, 6) is 0. The molecule has 3 unspecified atom stereocenters. The summed E-state index contributed by atoms with van der Waals surface area (Å²) in [5.41, 5.74) is 0. The third kappa shape index (κ3) is 11.9. The predicted molar refractivity (Wildman–Crippen MR) is 115 cm³/mol. The van der Waals surface area contributed by atoms with E-state index in [0.29, 0.717) is 0 Å². The summed E-state index contributed by atoms with van der Waals surface area (Å²) in [6, 6.07) is 30.4.